The molecule has 2 N–H and O–H groups in total. The molecule has 0 unspecified atom stereocenters. The summed E-state index contributed by atoms with van der Waals surface area (Å²) >= 11 is 0. The highest BCUT2D eigenvalue weighted by atomic mass is 16.6. The van der Waals surface area contributed by atoms with Crippen molar-refractivity contribution >= 4 is 17.9 Å². The highest BCUT2D eigenvalue weighted by molar-refractivity contribution is 5.97. The Hall–Kier alpha value is -2.77. The Morgan fingerprint density at radius 3 is 2.56 bits per heavy atom. The van der Waals surface area contributed by atoms with Crippen LogP contribution < -0.4 is 20.1 Å². The van der Waals surface area contributed by atoms with E-state index in [2.05, 4.69) is 10.6 Å². The molecule has 0 bridgehead atoms. The van der Waals surface area contributed by atoms with Gasteiger partial charge in [-0.05, 0) is 31.9 Å². The minimum absolute atomic E-state index is 0.00759. The molecular weight excluding hydrogens is 352 g/mol. The fraction of sp³-hybridized carbons (Fsp3) is 0.526. The van der Waals surface area contributed by atoms with E-state index < -0.39 is 30.1 Å². The lowest BCUT2D eigenvalue weighted by Gasteiger charge is -2.26. The number of hydrogen-bond donors (Lipinski definition) is 2. The van der Waals surface area contributed by atoms with E-state index in [1.54, 1.807) is 24.3 Å². The van der Waals surface area contributed by atoms with Gasteiger partial charge in [-0.25, -0.2) is 9.59 Å². The molecule has 1 aliphatic heterocycles. The highest BCUT2D eigenvalue weighted by Gasteiger charge is 2.31. The van der Waals surface area contributed by atoms with Gasteiger partial charge in [0.1, 0.15) is 6.61 Å². The van der Waals surface area contributed by atoms with E-state index in [1.165, 1.54) is 13.3 Å². The third-order valence-corrected chi connectivity index (χ3v) is 4.61. The molecule has 27 heavy (non-hydrogen) atoms. The molecule has 1 saturated carbocycles. The number of ether oxygens (including phenoxy) is 3. The molecule has 0 radical (unpaired) electrons. The van der Waals surface area contributed by atoms with Crippen molar-refractivity contribution in [2.75, 3.05) is 6.61 Å². The molecule has 146 valence electrons. The first kappa shape index (κ1) is 19.0. The molecule has 3 amide bonds. The van der Waals surface area contributed by atoms with Crippen molar-refractivity contribution in [3.63, 3.8) is 0 Å². The van der Waals surface area contributed by atoms with Crippen LogP contribution in [-0.2, 0) is 14.3 Å². The minimum atomic E-state index is -1.13. The van der Waals surface area contributed by atoms with Gasteiger partial charge in [-0.3, -0.25) is 10.1 Å². The summed E-state index contributed by atoms with van der Waals surface area (Å²) < 4.78 is 16.1. The van der Waals surface area contributed by atoms with Crippen molar-refractivity contribution in [3.05, 3.63) is 24.3 Å². The Kier molecular flexibility index (Phi) is 6.16. The van der Waals surface area contributed by atoms with E-state index in [4.69, 9.17) is 14.2 Å². The number of nitrogens with one attached hydrogen (secondary N) is 2. The van der Waals surface area contributed by atoms with Gasteiger partial charge < -0.3 is 19.5 Å². The number of carbonyl (C=O) groups is 3. The topological polar surface area (TPSA) is 103 Å². The molecule has 2 atom stereocenters. The van der Waals surface area contributed by atoms with Crippen LogP contribution in [0.1, 0.15) is 39.0 Å². The average Bonchev–Trinajstić information content (AvgIpc) is 2.68. The summed E-state index contributed by atoms with van der Waals surface area (Å²) in [5.74, 6) is -0.421. The number of esters is 1. The molecule has 2 aliphatic rings. The highest BCUT2D eigenvalue weighted by Crippen LogP contribution is 2.31. The van der Waals surface area contributed by atoms with Crippen LogP contribution in [-0.4, -0.2) is 42.8 Å². The smallest absolute Gasteiger partial charge is 0.351 e. The van der Waals surface area contributed by atoms with Gasteiger partial charge in [0, 0.05) is 6.04 Å². The van der Waals surface area contributed by atoms with Gasteiger partial charge in [-0.15, -0.1) is 0 Å². The predicted molar refractivity (Wildman–Crippen MR) is 95.5 cm³/mol. The Bertz CT molecular complexity index is 701. The maximum Gasteiger partial charge on any atom is 0.351 e. The maximum absolute atomic E-state index is 12.2. The van der Waals surface area contributed by atoms with Crippen molar-refractivity contribution in [2.45, 2.75) is 57.3 Å². The monoisotopic (exact) mass is 376 g/mol. The van der Waals surface area contributed by atoms with Crippen molar-refractivity contribution in [3.8, 4) is 11.5 Å². The molecule has 1 aliphatic carbocycles. The molecule has 0 spiro atoms. The number of imide groups is 1. The van der Waals surface area contributed by atoms with Crippen LogP contribution in [0.3, 0.4) is 0 Å². The number of rotatable bonds is 4. The van der Waals surface area contributed by atoms with Crippen molar-refractivity contribution in [1.29, 1.82) is 0 Å². The normalized spacial score (nSPS) is 20.3. The second-order valence-electron chi connectivity index (χ2n) is 6.74. The van der Waals surface area contributed by atoms with E-state index in [-0.39, 0.29) is 12.6 Å². The first-order chi connectivity index (χ1) is 13.0. The fourth-order valence-corrected chi connectivity index (χ4v) is 3.12. The Morgan fingerprint density at radius 1 is 1.11 bits per heavy atom. The van der Waals surface area contributed by atoms with E-state index in [9.17, 15) is 14.4 Å². The van der Waals surface area contributed by atoms with E-state index in [0.717, 1.165) is 25.7 Å². The van der Waals surface area contributed by atoms with Crippen molar-refractivity contribution in [2.24, 2.45) is 0 Å². The lowest BCUT2D eigenvalue weighted by molar-refractivity contribution is -0.163. The van der Waals surface area contributed by atoms with Crippen LogP contribution in [0, 0.1) is 0 Å². The van der Waals surface area contributed by atoms with Crippen molar-refractivity contribution in [1.82, 2.24) is 10.6 Å². The summed E-state index contributed by atoms with van der Waals surface area (Å²) in [7, 11) is 0. The third-order valence-electron chi connectivity index (χ3n) is 4.61. The van der Waals surface area contributed by atoms with Gasteiger partial charge in [0.25, 0.3) is 5.91 Å². The SMILES string of the molecule is C[C@H](OC(=O)[C@@H]1COc2ccccc2O1)C(=O)NC(=O)NC1CCCCC1. The number of para-hydroxylation sites is 2. The molecule has 1 fully saturated rings. The van der Waals surface area contributed by atoms with E-state index in [0.29, 0.717) is 11.5 Å². The summed E-state index contributed by atoms with van der Waals surface area (Å²) in [4.78, 5) is 36.2. The number of hydrogen-bond acceptors (Lipinski definition) is 6. The Labute approximate surface area is 157 Å². The molecular formula is C19H24N2O6. The quantitative estimate of drug-likeness (QED) is 0.778. The zero-order valence-corrected chi connectivity index (χ0v) is 15.2. The largest absolute Gasteiger partial charge is 0.485 e. The molecule has 1 aromatic rings. The molecule has 3 rings (SSSR count). The molecule has 0 aromatic heterocycles. The van der Waals surface area contributed by atoms with Crippen LogP contribution in [0.4, 0.5) is 4.79 Å². The van der Waals surface area contributed by atoms with Gasteiger partial charge in [0.2, 0.25) is 6.10 Å². The lowest BCUT2D eigenvalue weighted by atomic mass is 9.96. The van der Waals surface area contributed by atoms with Crippen LogP contribution in [0.5, 0.6) is 11.5 Å². The predicted octanol–water partition coefficient (Wildman–Crippen LogP) is 1.92. The zero-order chi connectivity index (χ0) is 19.2. The second-order valence-corrected chi connectivity index (χ2v) is 6.74. The van der Waals surface area contributed by atoms with Gasteiger partial charge in [0.15, 0.2) is 17.6 Å². The van der Waals surface area contributed by atoms with Crippen LogP contribution in [0.25, 0.3) is 0 Å². The molecule has 8 nitrogen and oxygen atoms in total. The first-order valence-electron chi connectivity index (χ1n) is 9.23. The first-order valence-corrected chi connectivity index (χ1v) is 9.23. The molecule has 0 saturated heterocycles. The Morgan fingerprint density at radius 2 is 1.81 bits per heavy atom. The zero-order valence-electron chi connectivity index (χ0n) is 15.2. The maximum atomic E-state index is 12.2. The second kappa shape index (κ2) is 8.75. The summed E-state index contributed by atoms with van der Waals surface area (Å²) in [5, 5.41) is 4.99. The summed E-state index contributed by atoms with van der Waals surface area (Å²) in [5.41, 5.74) is 0. The number of amides is 3. The number of fused-ring (bicyclic) bond motifs is 1. The summed E-state index contributed by atoms with van der Waals surface area (Å²) in [6, 6.07) is 6.49. The summed E-state index contributed by atoms with van der Waals surface area (Å²) in [6.07, 6.45) is 3.03. The van der Waals surface area contributed by atoms with Gasteiger partial charge in [0.05, 0.1) is 0 Å². The number of urea groups is 1. The standard InChI is InChI=1S/C19H24N2O6/c1-12(17(22)21-19(24)20-13-7-3-2-4-8-13)26-18(23)16-11-25-14-9-5-6-10-15(14)27-16/h5-6,9-10,12-13,16H,2-4,7-8,11H2,1H3,(H2,20,21,22,24)/t12-,16-/m0/s1. The Balaban J connectivity index is 1.45. The molecule has 8 heteroatoms. The van der Waals surface area contributed by atoms with Gasteiger partial charge >= 0.3 is 12.0 Å². The van der Waals surface area contributed by atoms with Crippen LogP contribution in [0.15, 0.2) is 24.3 Å². The molecule has 1 aromatic carbocycles. The molecule has 1 heterocycles. The van der Waals surface area contributed by atoms with Gasteiger partial charge in [-0.1, -0.05) is 31.4 Å². The van der Waals surface area contributed by atoms with E-state index in [1.807, 2.05) is 0 Å². The number of benzene rings is 1. The summed E-state index contributed by atoms with van der Waals surface area (Å²) in [6.45, 7) is 1.39. The lowest BCUT2D eigenvalue weighted by Crippen LogP contribution is -2.49. The van der Waals surface area contributed by atoms with Gasteiger partial charge in [-0.2, -0.15) is 0 Å². The van der Waals surface area contributed by atoms with Crippen molar-refractivity contribution < 1.29 is 28.6 Å². The third kappa shape index (κ3) is 5.12. The average molecular weight is 376 g/mol. The minimum Gasteiger partial charge on any atom is -0.485 e. The number of carbonyl (C=O) groups excluding carboxylic acids is 3. The van der Waals surface area contributed by atoms with Crippen LogP contribution in [0.2, 0.25) is 0 Å². The van der Waals surface area contributed by atoms with Crippen LogP contribution >= 0.6 is 0 Å². The van der Waals surface area contributed by atoms with E-state index >= 15 is 0 Å². The fourth-order valence-electron chi connectivity index (χ4n) is 3.12.